The van der Waals surface area contributed by atoms with Gasteiger partial charge in [0.2, 0.25) is 0 Å². The highest BCUT2D eigenvalue weighted by Gasteiger charge is 2.64. The molecule has 1 heteroatoms. The van der Waals surface area contributed by atoms with E-state index in [1.807, 2.05) is 0 Å². The molecule has 3 atom stereocenters. The quantitative estimate of drug-likeness (QED) is 0.486. The number of epoxide rings is 1. The monoisotopic (exact) mass is 152 g/mol. The second-order valence-electron chi connectivity index (χ2n) is 4.44. The Hall–Kier alpha value is -0.0400. The van der Waals surface area contributed by atoms with Gasteiger partial charge in [0.15, 0.2) is 0 Å². The van der Waals surface area contributed by atoms with Crippen molar-refractivity contribution in [2.75, 3.05) is 0 Å². The fourth-order valence-electron chi connectivity index (χ4n) is 3.27. The topological polar surface area (TPSA) is 12.5 Å². The predicted octanol–water partition coefficient (Wildman–Crippen LogP) is 2.50. The van der Waals surface area contributed by atoms with Gasteiger partial charge in [-0.05, 0) is 31.6 Å². The zero-order valence-corrected chi connectivity index (χ0v) is 7.01. The molecular formula is C10H16O. The molecule has 0 amide bonds. The van der Waals surface area contributed by atoms with E-state index in [0.717, 1.165) is 5.92 Å². The number of hydrogen-bond acceptors (Lipinski definition) is 1. The maximum absolute atomic E-state index is 5.82. The van der Waals surface area contributed by atoms with Gasteiger partial charge in [-0.3, -0.25) is 0 Å². The lowest BCUT2D eigenvalue weighted by Gasteiger charge is -2.16. The number of rotatable bonds is 0. The summed E-state index contributed by atoms with van der Waals surface area (Å²) in [5.41, 5.74) is 0.441. The van der Waals surface area contributed by atoms with Crippen LogP contribution in [0, 0.1) is 5.92 Å². The molecule has 62 valence electrons. The van der Waals surface area contributed by atoms with Crippen molar-refractivity contribution in [2.24, 2.45) is 5.92 Å². The highest BCUT2D eigenvalue weighted by Crippen LogP contribution is 2.59. The van der Waals surface area contributed by atoms with E-state index in [0.29, 0.717) is 11.7 Å². The van der Waals surface area contributed by atoms with Gasteiger partial charge in [-0.25, -0.2) is 0 Å². The van der Waals surface area contributed by atoms with E-state index >= 15 is 0 Å². The van der Waals surface area contributed by atoms with Crippen LogP contribution in [0.2, 0.25) is 0 Å². The van der Waals surface area contributed by atoms with Crippen molar-refractivity contribution in [1.29, 1.82) is 0 Å². The molecule has 0 aromatic carbocycles. The van der Waals surface area contributed by atoms with Crippen molar-refractivity contribution in [3.8, 4) is 0 Å². The molecule has 3 rings (SSSR count). The molecule has 3 fully saturated rings. The molecule has 1 spiro atoms. The van der Waals surface area contributed by atoms with Gasteiger partial charge < -0.3 is 4.74 Å². The summed E-state index contributed by atoms with van der Waals surface area (Å²) in [5, 5.41) is 0. The van der Waals surface area contributed by atoms with E-state index in [-0.39, 0.29) is 0 Å². The summed E-state index contributed by atoms with van der Waals surface area (Å²) < 4.78 is 5.82. The molecule has 0 N–H and O–H groups in total. The zero-order valence-electron chi connectivity index (χ0n) is 7.01. The second-order valence-corrected chi connectivity index (χ2v) is 4.44. The summed E-state index contributed by atoms with van der Waals surface area (Å²) in [7, 11) is 0. The van der Waals surface area contributed by atoms with Crippen LogP contribution in [0.4, 0.5) is 0 Å². The van der Waals surface area contributed by atoms with Crippen LogP contribution in [-0.4, -0.2) is 11.7 Å². The first-order chi connectivity index (χ1) is 5.42. The van der Waals surface area contributed by atoms with Crippen LogP contribution in [0.5, 0.6) is 0 Å². The Bertz CT molecular complexity index is 178. The van der Waals surface area contributed by atoms with Crippen LogP contribution in [0.15, 0.2) is 0 Å². The third-order valence-electron chi connectivity index (χ3n) is 3.94. The smallest absolute Gasteiger partial charge is 0.0976 e. The van der Waals surface area contributed by atoms with Crippen LogP contribution in [0.1, 0.15) is 44.9 Å². The molecule has 2 saturated carbocycles. The minimum absolute atomic E-state index is 0.441. The van der Waals surface area contributed by atoms with Crippen molar-refractivity contribution in [2.45, 2.75) is 56.7 Å². The minimum atomic E-state index is 0.441. The molecule has 3 aliphatic rings. The first-order valence-electron chi connectivity index (χ1n) is 5.10. The first-order valence-corrected chi connectivity index (χ1v) is 5.10. The van der Waals surface area contributed by atoms with Crippen LogP contribution in [0.25, 0.3) is 0 Å². The molecule has 1 heterocycles. The maximum Gasteiger partial charge on any atom is 0.0976 e. The van der Waals surface area contributed by atoms with Gasteiger partial charge in [0.05, 0.1) is 11.7 Å². The lowest BCUT2D eigenvalue weighted by Crippen LogP contribution is -2.19. The Kier molecular flexibility index (Phi) is 1.18. The molecule has 0 bridgehead atoms. The van der Waals surface area contributed by atoms with Crippen LogP contribution in [-0.2, 0) is 4.74 Å². The van der Waals surface area contributed by atoms with E-state index in [1.165, 1.54) is 44.9 Å². The second kappa shape index (κ2) is 2.01. The van der Waals surface area contributed by atoms with E-state index in [9.17, 15) is 0 Å². The Morgan fingerprint density at radius 1 is 1.00 bits per heavy atom. The van der Waals surface area contributed by atoms with Crippen LogP contribution >= 0.6 is 0 Å². The zero-order chi connectivity index (χ0) is 7.31. The van der Waals surface area contributed by atoms with Gasteiger partial charge >= 0.3 is 0 Å². The summed E-state index contributed by atoms with van der Waals surface area (Å²) in [5.74, 6) is 0.954. The fourth-order valence-corrected chi connectivity index (χ4v) is 3.27. The van der Waals surface area contributed by atoms with E-state index in [1.54, 1.807) is 0 Å². The summed E-state index contributed by atoms with van der Waals surface area (Å²) in [6.45, 7) is 0. The summed E-state index contributed by atoms with van der Waals surface area (Å²) in [6.07, 6.45) is 10.7. The molecule has 0 unspecified atom stereocenters. The molecular weight excluding hydrogens is 136 g/mol. The molecule has 1 nitrogen and oxygen atoms in total. The van der Waals surface area contributed by atoms with Gasteiger partial charge in [0.25, 0.3) is 0 Å². The Morgan fingerprint density at radius 2 is 2.00 bits per heavy atom. The van der Waals surface area contributed by atoms with Gasteiger partial charge in [0.1, 0.15) is 0 Å². The molecule has 2 aliphatic carbocycles. The SMILES string of the molecule is C1CC[C@@H]2CC[C@@H]3O[C@]23CC1. The third-order valence-corrected chi connectivity index (χ3v) is 3.94. The predicted molar refractivity (Wildman–Crippen MR) is 43.4 cm³/mol. The molecule has 0 aromatic heterocycles. The highest BCUT2D eigenvalue weighted by molar-refractivity contribution is 5.12. The summed E-state index contributed by atoms with van der Waals surface area (Å²) >= 11 is 0. The van der Waals surface area contributed by atoms with Crippen molar-refractivity contribution in [3.05, 3.63) is 0 Å². The highest BCUT2D eigenvalue weighted by atomic mass is 16.6. The van der Waals surface area contributed by atoms with Gasteiger partial charge in [0, 0.05) is 0 Å². The average Bonchev–Trinajstić information content (AvgIpc) is 2.70. The molecule has 1 aliphatic heterocycles. The van der Waals surface area contributed by atoms with Gasteiger partial charge in [-0.1, -0.05) is 19.3 Å². The Labute approximate surface area is 68.1 Å². The van der Waals surface area contributed by atoms with Gasteiger partial charge in [-0.15, -0.1) is 0 Å². The fraction of sp³-hybridized carbons (Fsp3) is 1.00. The largest absolute Gasteiger partial charge is 0.366 e. The summed E-state index contributed by atoms with van der Waals surface area (Å²) in [4.78, 5) is 0. The molecule has 11 heavy (non-hydrogen) atoms. The third kappa shape index (κ3) is 0.752. The maximum atomic E-state index is 5.82. The van der Waals surface area contributed by atoms with E-state index < -0.39 is 0 Å². The molecule has 1 saturated heterocycles. The number of hydrogen-bond donors (Lipinski definition) is 0. The normalized spacial score (nSPS) is 54.5. The lowest BCUT2D eigenvalue weighted by atomic mass is 9.90. The van der Waals surface area contributed by atoms with Crippen molar-refractivity contribution in [3.63, 3.8) is 0 Å². The van der Waals surface area contributed by atoms with E-state index in [2.05, 4.69) is 0 Å². The van der Waals surface area contributed by atoms with E-state index in [4.69, 9.17) is 4.74 Å². The Morgan fingerprint density at radius 3 is 2.91 bits per heavy atom. The Balaban J connectivity index is 1.85. The standard InChI is InChI=1S/C10H16O/c1-2-4-8-5-6-9-10(8,11-9)7-3-1/h8-9H,1-7H2/t8-,9+,10-/m1/s1. The van der Waals surface area contributed by atoms with Crippen molar-refractivity contribution >= 4 is 0 Å². The van der Waals surface area contributed by atoms with Gasteiger partial charge in [-0.2, -0.15) is 0 Å². The molecule has 0 radical (unpaired) electrons. The van der Waals surface area contributed by atoms with Crippen molar-refractivity contribution in [1.82, 2.24) is 0 Å². The van der Waals surface area contributed by atoms with Crippen LogP contribution < -0.4 is 0 Å². The van der Waals surface area contributed by atoms with Crippen LogP contribution in [0.3, 0.4) is 0 Å². The molecule has 0 aromatic rings. The number of ether oxygens (including phenoxy) is 1. The lowest BCUT2D eigenvalue weighted by molar-refractivity contribution is 0.177. The summed E-state index contributed by atoms with van der Waals surface area (Å²) in [6, 6.07) is 0. The first kappa shape index (κ1) is 6.47. The average molecular weight is 152 g/mol. The minimum Gasteiger partial charge on any atom is -0.366 e. The van der Waals surface area contributed by atoms with Crippen molar-refractivity contribution < 1.29 is 4.74 Å².